The number of benzene rings is 2. The smallest absolute Gasteiger partial charge is 0.417 e. The Balaban J connectivity index is 2.07. The maximum absolute atomic E-state index is 13.4. The zero-order chi connectivity index (χ0) is 24.7. The first-order valence-corrected chi connectivity index (χ1v) is 10.2. The minimum Gasteiger partial charge on any atom is -0.507 e. The van der Waals surface area contributed by atoms with Gasteiger partial charge in [-0.15, -0.1) is 0 Å². The van der Waals surface area contributed by atoms with Gasteiger partial charge in [0.05, 0.1) is 28.4 Å². The van der Waals surface area contributed by atoms with Crippen LogP contribution >= 0.6 is 12.2 Å². The molecule has 0 spiro atoms. The lowest BCUT2D eigenvalue weighted by atomic mass is 10.0. The number of carbonyl (C=O) groups is 2. The van der Waals surface area contributed by atoms with Crippen LogP contribution in [0.15, 0.2) is 36.4 Å². The van der Waals surface area contributed by atoms with E-state index in [0.29, 0.717) is 12.6 Å². The van der Waals surface area contributed by atoms with Gasteiger partial charge in [-0.05, 0) is 63.3 Å². The van der Waals surface area contributed by atoms with Crippen LogP contribution in [0, 0.1) is 11.3 Å². The summed E-state index contributed by atoms with van der Waals surface area (Å²) in [6, 6.07) is 8.51. The number of amides is 2. The van der Waals surface area contributed by atoms with Crippen LogP contribution in [-0.2, 0) is 11.0 Å². The van der Waals surface area contributed by atoms with Crippen LogP contribution in [0.25, 0.3) is 0 Å². The van der Waals surface area contributed by atoms with E-state index in [1.54, 1.807) is 6.92 Å². The molecular formula is C22H19F3N4O3S. The monoisotopic (exact) mass is 476 g/mol. The molecule has 1 saturated heterocycles. The van der Waals surface area contributed by atoms with Crippen molar-refractivity contribution in [2.75, 3.05) is 16.3 Å². The Hall–Kier alpha value is -3.65. The number of phenols is 1. The summed E-state index contributed by atoms with van der Waals surface area (Å²) in [6.45, 7) is 5.15. The van der Waals surface area contributed by atoms with Crippen LogP contribution in [0.2, 0.25) is 0 Å². The van der Waals surface area contributed by atoms with Crippen molar-refractivity contribution in [2.24, 2.45) is 0 Å². The molecule has 1 aliphatic heterocycles. The van der Waals surface area contributed by atoms with Gasteiger partial charge in [0.15, 0.2) is 5.11 Å². The molecular weight excluding hydrogens is 457 g/mol. The predicted molar refractivity (Wildman–Crippen MR) is 119 cm³/mol. The van der Waals surface area contributed by atoms with E-state index in [1.165, 1.54) is 49.1 Å². The van der Waals surface area contributed by atoms with Gasteiger partial charge in [-0.3, -0.25) is 14.5 Å². The van der Waals surface area contributed by atoms with E-state index in [4.69, 9.17) is 17.5 Å². The van der Waals surface area contributed by atoms with E-state index >= 15 is 0 Å². The number of nitrogens with zero attached hydrogens (tertiary/aromatic N) is 3. The molecule has 11 heteroatoms. The lowest BCUT2D eigenvalue weighted by Gasteiger charge is -2.29. The van der Waals surface area contributed by atoms with Crippen molar-refractivity contribution in [1.29, 1.82) is 5.26 Å². The summed E-state index contributed by atoms with van der Waals surface area (Å²) in [4.78, 5) is 27.6. The van der Waals surface area contributed by atoms with Crippen LogP contribution in [0.3, 0.4) is 0 Å². The molecule has 1 heterocycles. The van der Waals surface area contributed by atoms with Gasteiger partial charge >= 0.3 is 6.18 Å². The predicted octanol–water partition coefficient (Wildman–Crippen LogP) is 3.95. The molecule has 1 fully saturated rings. The summed E-state index contributed by atoms with van der Waals surface area (Å²) in [5, 5.41) is 21.8. The van der Waals surface area contributed by atoms with Gasteiger partial charge < -0.3 is 15.3 Å². The zero-order valence-electron chi connectivity index (χ0n) is 17.8. The van der Waals surface area contributed by atoms with Crippen molar-refractivity contribution >= 4 is 40.5 Å². The van der Waals surface area contributed by atoms with Crippen LogP contribution in [0.1, 0.15) is 42.3 Å². The standard InChI is InChI=1S/C22H19F3N4O3S/c1-4-27-18(31)15-8-7-14(10-17(15)30)29-20(33)28(19(32)21(29,2)3)13-6-5-12(11-26)16(9-13)22(23,24)25/h5-10,30H,4H2,1-3H3,(H,27,31). The average molecular weight is 476 g/mol. The number of alkyl halides is 3. The molecule has 0 bridgehead atoms. The third-order valence-corrected chi connectivity index (χ3v) is 5.54. The molecule has 0 unspecified atom stereocenters. The minimum absolute atomic E-state index is 0.0219. The first-order valence-electron chi connectivity index (χ1n) is 9.75. The Bertz CT molecular complexity index is 1200. The molecule has 2 aromatic carbocycles. The molecule has 172 valence electrons. The highest BCUT2D eigenvalue weighted by Gasteiger charge is 2.50. The zero-order valence-corrected chi connectivity index (χ0v) is 18.6. The highest BCUT2D eigenvalue weighted by molar-refractivity contribution is 7.81. The van der Waals surface area contributed by atoms with Crippen molar-refractivity contribution in [1.82, 2.24) is 5.32 Å². The third-order valence-electron chi connectivity index (χ3n) is 5.18. The van der Waals surface area contributed by atoms with E-state index in [0.717, 1.165) is 11.0 Å². The first-order chi connectivity index (χ1) is 15.3. The van der Waals surface area contributed by atoms with Crippen molar-refractivity contribution in [2.45, 2.75) is 32.5 Å². The summed E-state index contributed by atoms with van der Waals surface area (Å²) < 4.78 is 40.3. The van der Waals surface area contributed by atoms with Gasteiger partial charge in [-0.25, -0.2) is 0 Å². The van der Waals surface area contributed by atoms with Crippen LogP contribution in [-0.4, -0.2) is 34.1 Å². The van der Waals surface area contributed by atoms with Gasteiger partial charge in [0.2, 0.25) is 0 Å². The molecule has 1 aliphatic rings. The fraction of sp³-hybridized carbons (Fsp3) is 0.273. The second kappa shape index (κ2) is 8.37. The largest absolute Gasteiger partial charge is 0.507 e. The van der Waals surface area contributed by atoms with E-state index in [2.05, 4.69) is 5.32 Å². The molecule has 2 amide bonds. The van der Waals surface area contributed by atoms with Gasteiger partial charge in [-0.1, -0.05) is 0 Å². The molecule has 0 atom stereocenters. The van der Waals surface area contributed by atoms with Crippen molar-refractivity contribution in [3.63, 3.8) is 0 Å². The van der Waals surface area contributed by atoms with Crippen molar-refractivity contribution in [3.05, 3.63) is 53.1 Å². The molecule has 0 aromatic heterocycles. The first kappa shape index (κ1) is 24.0. The Labute approximate surface area is 193 Å². The number of nitrogens with one attached hydrogen (secondary N) is 1. The molecule has 0 radical (unpaired) electrons. The molecule has 2 N–H and O–H groups in total. The van der Waals surface area contributed by atoms with Crippen molar-refractivity contribution < 1.29 is 27.9 Å². The van der Waals surface area contributed by atoms with Crippen LogP contribution in [0.4, 0.5) is 24.5 Å². The number of halogens is 3. The Morgan fingerprint density at radius 3 is 2.39 bits per heavy atom. The lowest BCUT2D eigenvalue weighted by molar-refractivity contribution is -0.137. The van der Waals surface area contributed by atoms with E-state index < -0.39 is 34.7 Å². The maximum atomic E-state index is 13.4. The number of hydrogen-bond donors (Lipinski definition) is 2. The normalized spacial score (nSPS) is 15.5. The molecule has 33 heavy (non-hydrogen) atoms. The van der Waals surface area contributed by atoms with Crippen molar-refractivity contribution in [3.8, 4) is 11.8 Å². The van der Waals surface area contributed by atoms with Gasteiger partial charge in [0.1, 0.15) is 11.3 Å². The van der Waals surface area contributed by atoms with Gasteiger partial charge in [-0.2, -0.15) is 18.4 Å². The lowest BCUT2D eigenvalue weighted by Crippen LogP contribution is -2.44. The number of anilines is 2. The van der Waals surface area contributed by atoms with E-state index in [-0.39, 0.29) is 27.8 Å². The Morgan fingerprint density at radius 2 is 1.85 bits per heavy atom. The van der Waals surface area contributed by atoms with Gasteiger partial charge in [0.25, 0.3) is 11.8 Å². The van der Waals surface area contributed by atoms with Crippen LogP contribution in [0.5, 0.6) is 5.75 Å². The number of rotatable bonds is 4. The average Bonchev–Trinajstić information content (AvgIpc) is 2.90. The number of carbonyl (C=O) groups excluding carboxylic acids is 2. The highest BCUT2D eigenvalue weighted by Crippen LogP contribution is 2.40. The second-order valence-electron chi connectivity index (χ2n) is 7.72. The topological polar surface area (TPSA) is 96.7 Å². The molecule has 2 aromatic rings. The summed E-state index contributed by atoms with van der Waals surface area (Å²) >= 11 is 5.44. The third kappa shape index (κ3) is 4.09. The number of phenolic OH excluding ortho intramolecular Hbond substituents is 1. The fourth-order valence-electron chi connectivity index (χ4n) is 3.57. The number of thiocarbonyl (C=S) groups is 1. The number of aromatic hydroxyl groups is 1. The molecule has 0 aliphatic carbocycles. The second-order valence-corrected chi connectivity index (χ2v) is 8.08. The summed E-state index contributed by atoms with van der Waals surface area (Å²) in [7, 11) is 0. The van der Waals surface area contributed by atoms with E-state index in [1.807, 2.05) is 0 Å². The fourth-order valence-corrected chi connectivity index (χ4v) is 4.09. The maximum Gasteiger partial charge on any atom is 0.417 e. The molecule has 0 saturated carbocycles. The summed E-state index contributed by atoms with van der Waals surface area (Å²) in [5.41, 5.74) is -2.92. The van der Waals surface area contributed by atoms with Crippen LogP contribution < -0.4 is 15.1 Å². The molecule has 7 nitrogen and oxygen atoms in total. The Morgan fingerprint density at radius 1 is 1.21 bits per heavy atom. The molecule has 3 rings (SSSR count). The Kier molecular flexibility index (Phi) is 6.08. The van der Waals surface area contributed by atoms with Gasteiger partial charge in [0, 0.05) is 18.3 Å². The number of nitriles is 1. The highest BCUT2D eigenvalue weighted by atomic mass is 32.1. The van der Waals surface area contributed by atoms with E-state index in [9.17, 15) is 27.9 Å². The quantitative estimate of drug-likeness (QED) is 0.649. The minimum atomic E-state index is -4.80. The number of hydrogen-bond acceptors (Lipinski definition) is 5. The summed E-state index contributed by atoms with van der Waals surface area (Å²) in [5.74, 6) is -1.43. The summed E-state index contributed by atoms with van der Waals surface area (Å²) in [6.07, 6.45) is -4.80. The SMILES string of the molecule is CCNC(=O)c1ccc(N2C(=S)N(c3ccc(C#N)c(C(F)(F)F)c3)C(=O)C2(C)C)cc1O.